The first-order valence-electron chi connectivity index (χ1n) is 8.93. The van der Waals surface area contributed by atoms with Crippen molar-refractivity contribution in [1.82, 2.24) is 4.98 Å². The van der Waals surface area contributed by atoms with Crippen LogP contribution < -0.4 is 10.5 Å². The Labute approximate surface area is 171 Å². The van der Waals surface area contributed by atoms with Crippen LogP contribution in [0.5, 0.6) is 0 Å². The van der Waals surface area contributed by atoms with Crippen molar-refractivity contribution in [3.05, 3.63) is 81.0 Å². The number of benzene rings is 2. The highest BCUT2D eigenvalue weighted by molar-refractivity contribution is 7.11. The van der Waals surface area contributed by atoms with Crippen molar-refractivity contribution >= 4 is 39.6 Å². The number of hydrogen-bond donors (Lipinski definition) is 0. The molecule has 0 aliphatic heterocycles. The van der Waals surface area contributed by atoms with Crippen LogP contribution in [0.2, 0.25) is 0 Å². The molecular weight excluding hydrogens is 382 g/mol. The molecule has 0 amide bonds. The summed E-state index contributed by atoms with van der Waals surface area (Å²) < 4.78 is 5.39. The van der Waals surface area contributed by atoms with Crippen molar-refractivity contribution in [1.29, 1.82) is 5.26 Å². The van der Waals surface area contributed by atoms with Crippen molar-refractivity contribution in [3.63, 3.8) is 0 Å². The number of anilines is 1. The molecule has 0 aliphatic carbocycles. The zero-order chi connectivity index (χ0) is 20.4. The molecule has 4 aromatic rings. The van der Waals surface area contributed by atoms with Crippen molar-refractivity contribution < 1.29 is 4.42 Å². The number of para-hydroxylation sites is 1. The average molecular weight is 399 g/mol. The molecular formula is C23H17N3O2S. The summed E-state index contributed by atoms with van der Waals surface area (Å²) in [5.74, 6) is 0. The van der Waals surface area contributed by atoms with Crippen molar-refractivity contribution in [2.75, 3.05) is 19.0 Å². The fourth-order valence-corrected chi connectivity index (χ4v) is 3.72. The second kappa shape index (κ2) is 7.74. The van der Waals surface area contributed by atoms with Gasteiger partial charge in [0, 0.05) is 30.5 Å². The Balaban J connectivity index is 1.70. The molecule has 0 saturated heterocycles. The number of hydrogen-bond acceptors (Lipinski definition) is 6. The van der Waals surface area contributed by atoms with Gasteiger partial charge >= 0.3 is 5.63 Å². The minimum Gasteiger partial charge on any atom is -0.422 e. The predicted molar refractivity (Wildman–Crippen MR) is 118 cm³/mol. The van der Waals surface area contributed by atoms with Gasteiger partial charge in [0.2, 0.25) is 0 Å². The molecule has 0 atom stereocenters. The van der Waals surface area contributed by atoms with Gasteiger partial charge in [-0.25, -0.2) is 9.78 Å². The molecule has 2 heterocycles. The minimum atomic E-state index is -0.442. The van der Waals surface area contributed by atoms with Crippen LogP contribution in [0.15, 0.2) is 69.2 Å². The highest BCUT2D eigenvalue weighted by Crippen LogP contribution is 2.27. The van der Waals surface area contributed by atoms with Gasteiger partial charge in [-0.3, -0.25) is 0 Å². The number of rotatable bonds is 4. The Hall–Kier alpha value is -3.69. The minimum absolute atomic E-state index is 0.388. The lowest BCUT2D eigenvalue weighted by atomic mass is 10.1. The van der Waals surface area contributed by atoms with Gasteiger partial charge in [0.15, 0.2) is 0 Å². The van der Waals surface area contributed by atoms with Gasteiger partial charge in [0.05, 0.1) is 16.8 Å². The average Bonchev–Trinajstić information content (AvgIpc) is 3.21. The second-order valence-corrected chi connectivity index (χ2v) is 7.54. The Morgan fingerprint density at radius 3 is 2.66 bits per heavy atom. The Morgan fingerprint density at radius 2 is 1.93 bits per heavy atom. The van der Waals surface area contributed by atoms with Crippen molar-refractivity contribution in [2.24, 2.45) is 0 Å². The first-order valence-corrected chi connectivity index (χ1v) is 9.81. The molecule has 142 valence electrons. The van der Waals surface area contributed by atoms with Crippen LogP contribution >= 0.6 is 11.3 Å². The monoisotopic (exact) mass is 399 g/mol. The van der Waals surface area contributed by atoms with Gasteiger partial charge in [0.1, 0.15) is 16.7 Å². The van der Waals surface area contributed by atoms with Gasteiger partial charge < -0.3 is 9.32 Å². The zero-order valence-electron chi connectivity index (χ0n) is 15.9. The van der Waals surface area contributed by atoms with Gasteiger partial charge in [-0.2, -0.15) is 5.26 Å². The standard InChI is InChI=1S/C23H17N3O2S/c1-26(2)18-9-7-15(8-10-18)11-17(13-24)22-25-20(14-29-22)19-12-16-5-3-4-6-21(16)28-23(19)27/h3-12,14H,1-2H3. The largest absolute Gasteiger partial charge is 0.422 e. The van der Waals surface area contributed by atoms with Crippen molar-refractivity contribution in [2.45, 2.75) is 0 Å². The molecule has 0 saturated carbocycles. The fraction of sp³-hybridized carbons (Fsp3) is 0.0870. The van der Waals surface area contributed by atoms with Gasteiger partial charge in [-0.05, 0) is 35.9 Å². The van der Waals surface area contributed by atoms with Crippen LogP contribution in [0.25, 0.3) is 33.9 Å². The van der Waals surface area contributed by atoms with E-state index in [1.807, 2.05) is 61.5 Å². The molecule has 2 aromatic carbocycles. The van der Waals surface area contributed by atoms with E-state index in [2.05, 4.69) is 11.1 Å². The molecule has 4 rings (SSSR count). The second-order valence-electron chi connectivity index (χ2n) is 6.68. The lowest BCUT2D eigenvalue weighted by Crippen LogP contribution is -2.07. The van der Waals surface area contributed by atoms with E-state index in [1.165, 1.54) is 11.3 Å². The topological polar surface area (TPSA) is 70.1 Å². The van der Waals surface area contributed by atoms with E-state index in [-0.39, 0.29) is 0 Å². The zero-order valence-corrected chi connectivity index (χ0v) is 16.7. The van der Waals surface area contributed by atoms with Crippen molar-refractivity contribution in [3.8, 4) is 17.3 Å². The molecule has 29 heavy (non-hydrogen) atoms. The molecule has 5 nitrogen and oxygen atoms in total. The smallest absolute Gasteiger partial charge is 0.345 e. The quantitative estimate of drug-likeness (QED) is 0.355. The first kappa shape index (κ1) is 18.7. The molecule has 0 spiro atoms. The van der Waals surface area contributed by atoms with Gasteiger partial charge in [-0.15, -0.1) is 11.3 Å². The molecule has 0 fully saturated rings. The molecule has 0 N–H and O–H groups in total. The van der Waals surface area contributed by atoms with Crippen LogP contribution in [0.3, 0.4) is 0 Å². The molecule has 0 bridgehead atoms. The van der Waals surface area contributed by atoms with E-state index in [1.54, 1.807) is 23.6 Å². The Kier molecular flexibility index (Phi) is 4.98. The summed E-state index contributed by atoms with van der Waals surface area (Å²) in [6.07, 6.45) is 1.80. The maximum absolute atomic E-state index is 12.4. The van der Waals surface area contributed by atoms with Crippen LogP contribution in [0.4, 0.5) is 5.69 Å². The lowest BCUT2D eigenvalue weighted by Gasteiger charge is -2.11. The number of thiazole rings is 1. The molecule has 0 radical (unpaired) electrons. The summed E-state index contributed by atoms with van der Waals surface area (Å²) in [6, 6.07) is 19.2. The van der Waals surface area contributed by atoms with Crippen LogP contribution in [-0.2, 0) is 0 Å². The van der Waals surface area contributed by atoms with Gasteiger partial charge in [0.25, 0.3) is 0 Å². The molecule has 2 aromatic heterocycles. The SMILES string of the molecule is CN(C)c1ccc(C=C(C#N)c2nc(-c3cc4ccccc4oc3=O)cs2)cc1. The number of aromatic nitrogens is 1. The third-order valence-electron chi connectivity index (χ3n) is 4.49. The van der Waals surface area contributed by atoms with Gasteiger partial charge in [-0.1, -0.05) is 30.3 Å². The fourth-order valence-electron chi connectivity index (χ4n) is 2.94. The lowest BCUT2D eigenvalue weighted by molar-refractivity contribution is 0.563. The summed E-state index contributed by atoms with van der Waals surface area (Å²) >= 11 is 1.33. The Bertz CT molecular complexity index is 1310. The molecule has 6 heteroatoms. The highest BCUT2D eigenvalue weighted by Gasteiger charge is 2.13. The maximum Gasteiger partial charge on any atom is 0.345 e. The molecule has 0 aliphatic rings. The van der Waals surface area contributed by atoms with Crippen LogP contribution in [-0.4, -0.2) is 19.1 Å². The summed E-state index contributed by atoms with van der Waals surface area (Å²) in [7, 11) is 3.96. The maximum atomic E-state index is 12.4. The molecule has 0 unspecified atom stereocenters. The first-order chi connectivity index (χ1) is 14.0. The summed E-state index contributed by atoms with van der Waals surface area (Å²) in [5.41, 5.74) is 3.43. The van der Waals surface area contributed by atoms with E-state index in [9.17, 15) is 10.1 Å². The third kappa shape index (κ3) is 3.82. The summed E-state index contributed by atoms with van der Waals surface area (Å²) in [4.78, 5) is 18.9. The van der Waals surface area contributed by atoms with Crippen LogP contribution in [0.1, 0.15) is 10.6 Å². The number of allylic oxidation sites excluding steroid dienone is 1. The van der Waals surface area contributed by atoms with E-state index < -0.39 is 5.63 Å². The normalized spacial score (nSPS) is 11.4. The van der Waals surface area contributed by atoms with E-state index >= 15 is 0 Å². The highest BCUT2D eigenvalue weighted by atomic mass is 32.1. The number of fused-ring (bicyclic) bond motifs is 1. The Morgan fingerprint density at radius 1 is 1.17 bits per heavy atom. The predicted octanol–water partition coefficient (Wildman–Crippen LogP) is 5.05. The summed E-state index contributed by atoms with van der Waals surface area (Å²) in [6.45, 7) is 0. The van der Waals surface area contributed by atoms with E-state index in [4.69, 9.17) is 4.42 Å². The van der Waals surface area contributed by atoms with E-state index in [0.717, 1.165) is 16.6 Å². The number of nitrogens with zero attached hydrogens (tertiary/aromatic N) is 3. The van der Waals surface area contributed by atoms with E-state index in [0.29, 0.717) is 27.4 Å². The number of nitriles is 1. The summed E-state index contributed by atoms with van der Waals surface area (Å²) in [5, 5.41) is 12.8. The van der Waals surface area contributed by atoms with Crippen LogP contribution in [0, 0.1) is 11.3 Å². The third-order valence-corrected chi connectivity index (χ3v) is 5.37.